The van der Waals surface area contributed by atoms with Crippen LogP contribution in [-0.4, -0.2) is 37.2 Å². The second-order valence-corrected chi connectivity index (χ2v) is 18.1. The first kappa shape index (κ1) is 59.6. The van der Waals surface area contributed by atoms with Crippen molar-refractivity contribution >= 4 is 17.9 Å². The minimum absolute atomic E-state index is 0.0773. The highest BCUT2D eigenvalue weighted by Gasteiger charge is 2.19. The highest BCUT2D eigenvalue weighted by atomic mass is 16.6. The smallest absolute Gasteiger partial charge is 0.306 e. The Morgan fingerprint density at radius 2 is 0.597 bits per heavy atom. The van der Waals surface area contributed by atoms with Gasteiger partial charge in [-0.3, -0.25) is 14.4 Å². The van der Waals surface area contributed by atoms with Gasteiger partial charge in [-0.1, -0.05) is 231 Å². The van der Waals surface area contributed by atoms with Crippen LogP contribution in [0, 0.1) is 0 Å². The van der Waals surface area contributed by atoms with E-state index in [0.29, 0.717) is 19.3 Å². The molecule has 0 bridgehead atoms. The van der Waals surface area contributed by atoms with Gasteiger partial charge >= 0.3 is 17.9 Å². The lowest BCUT2D eigenvalue weighted by atomic mass is 10.0. The molecule has 362 valence electrons. The van der Waals surface area contributed by atoms with Gasteiger partial charge < -0.3 is 14.2 Å². The van der Waals surface area contributed by atoms with E-state index in [4.69, 9.17) is 14.2 Å². The van der Waals surface area contributed by atoms with E-state index >= 15 is 0 Å². The third-order valence-electron chi connectivity index (χ3n) is 11.9. The predicted molar refractivity (Wildman–Crippen MR) is 266 cm³/mol. The molecule has 0 aromatic carbocycles. The van der Waals surface area contributed by atoms with E-state index in [1.165, 1.54) is 154 Å². The van der Waals surface area contributed by atoms with Crippen molar-refractivity contribution in [2.24, 2.45) is 0 Å². The van der Waals surface area contributed by atoms with Crippen molar-refractivity contribution < 1.29 is 28.6 Å². The zero-order valence-electron chi connectivity index (χ0n) is 41.4. The summed E-state index contributed by atoms with van der Waals surface area (Å²) in [7, 11) is 0. The van der Waals surface area contributed by atoms with E-state index in [1.54, 1.807) is 0 Å². The van der Waals surface area contributed by atoms with Crippen LogP contribution in [0.3, 0.4) is 0 Å². The Morgan fingerprint density at radius 3 is 0.952 bits per heavy atom. The van der Waals surface area contributed by atoms with Crippen molar-refractivity contribution in [3.05, 3.63) is 36.5 Å². The number of carbonyl (C=O) groups is 3. The zero-order chi connectivity index (χ0) is 45.1. The highest BCUT2D eigenvalue weighted by Crippen LogP contribution is 2.16. The fraction of sp³-hybridized carbons (Fsp3) is 0.839. The van der Waals surface area contributed by atoms with E-state index in [2.05, 4.69) is 57.2 Å². The number of hydrogen-bond donors (Lipinski definition) is 0. The summed E-state index contributed by atoms with van der Waals surface area (Å²) in [6.45, 7) is 6.60. The van der Waals surface area contributed by atoms with Crippen molar-refractivity contribution in [2.75, 3.05) is 13.2 Å². The maximum absolute atomic E-state index is 12.8. The first-order valence-electron chi connectivity index (χ1n) is 27.0. The van der Waals surface area contributed by atoms with Gasteiger partial charge in [0.2, 0.25) is 0 Å². The third-order valence-corrected chi connectivity index (χ3v) is 11.9. The normalized spacial score (nSPS) is 12.2. The van der Waals surface area contributed by atoms with Crippen LogP contribution in [-0.2, 0) is 28.6 Å². The number of allylic oxidation sites excluding steroid dienone is 6. The van der Waals surface area contributed by atoms with E-state index in [1.807, 2.05) is 0 Å². The summed E-state index contributed by atoms with van der Waals surface area (Å²) in [5.41, 5.74) is 0. The minimum atomic E-state index is -0.779. The number of unbranched alkanes of at least 4 members (excludes halogenated alkanes) is 32. The lowest BCUT2D eigenvalue weighted by Gasteiger charge is -2.18. The van der Waals surface area contributed by atoms with Crippen molar-refractivity contribution in [3.63, 3.8) is 0 Å². The zero-order valence-corrected chi connectivity index (χ0v) is 41.4. The number of esters is 3. The molecular formula is C56H102O6. The van der Waals surface area contributed by atoms with Crippen LogP contribution in [0.2, 0.25) is 0 Å². The third kappa shape index (κ3) is 48.7. The summed E-state index contributed by atoms with van der Waals surface area (Å²) < 4.78 is 16.8. The largest absolute Gasteiger partial charge is 0.462 e. The molecule has 0 aliphatic rings. The fourth-order valence-corrected chi connectivity index (χ4v) is 7.75. The molecule has 0 fully saturated rings. The van der Waals surface area contributed by atoms with Crippen LogP contribution in [0.1, 0.15) is 284 Å². The topological polar surface area (TPSA) is 78.9 Å². The average molecular weight is 871 g/mol. The first-order valence-corrected chi connectivity index (χ1v) is 27.0. The van der Waals surface area contributed by atoms with Gasteiger partial charge in [0.15, 0.2) is 6.10 Å². The molecular weight excluding hydrogens is 769 g/mol. The first-order chi connectivity index (χ1) is 30.5. The molecule has 0 saturated heterocycles. The summed E-state index contributed by atoms with van der Waals surface area (Å²) in [5.74, 6) is -0.888. The molecule has 0 heterocycles. The summed E-state index contributed by atoms with van der Waals surface area (Å²) in [6.07, 6.45) is 59.8. The Bertz CT molecular complexity index is 1050. The molecule has 0 aromatic heterocycles. The van der Waals surface area contributed by atoms with Gasteiger partial charge in [-0.25, -0.2) is 0 Å². The summed E-state index contributed by atoms with van der Waals surface area (Å²) >= 11 is 0. The lowest BCUT2D eigenvalue weighted by molar-refractivity contribution is -0.167. The molecule has 6 nitrogen and oxygen atoms in total. The fourth-order valence-electron chi connectivity index (χ4n) is 7.75. The van der Waals surface area contributed by atoms with E-state index < -0.39 is 6.10 Å². The van der Waals surface area contributed by atoms with Crippen molar-refractivity contribution in [2.45, 2.75) is 290 Å². The number of carbonyl (C=O) groups excluding carboxylic acids is 3. The molecule has 0 spiro atoms. The van der Waals surface area contributed by atoms with Gasteiger partial charge in [0, 0.05) is 19.3 Å². The maximum atomic E-state index is 12.8. The molecule has 62 heavy (non-hydrogen) atoms. The molecule has 0 rings (SSSR count). The molecule has 0 aliphatic heterocycles. The Hall–Kier alpha value is -2.37. The van der Waals surface area contributed by atoms with Crippen LogP contribution in [0.15, 0.2) is 36.5 Å². The molecule has 1 unspecified atom stereocenters. The number of ether oxygens (including phenoxy) is 3. The average Bonchev–Trinajstić information content (AvgIpc) is 3.27. The predicted octanol–water partition coefficient (Wildman–Crippen LogP) is 17.7. The Labute approximate surface area is 385 Å². The molecule has 0 N–H and O–H groups in total. The van der Waals surface area contributed by atoms with Gasteiger partial charge in [-0.15, -0.1) is 0 Å². The van der Waals surface area contributed by atoms with Gasteiger partial charge in [-0.05, 0) is 70.6 Å². The van der Waals surface area contributed by atoms with Gasteiger partial charge in [-0.2, -0.15) is 0 Å². The standard InChI is InChI=1S/C56H102O6/c1-4-7-10-13-16-19-22-25-28-29-32-34-37-40-43-46-49-55(58)61-52-53(62-56(59)50-47-44-41-38-35-31-27-24-21-18-15-12-9-6-3)51-60-54(57)48-45-42-39-36-33-30-26-23-20-17-14-11-8-5-2/h15,18,23-24,26-27,53H,4-14,16-17,19-22,25,28-52H2,1-3H3/b18-15-,26-23-,27-24-. The molecule has 0 aromatic rings. The lowest BCUT2D eigenvalue weighted by Crippen LogP contribution is -2.30. The number of rotatable bonds is 49. The Balaban J connectivity index is 4.37. The summed E-state index contributed by atoms with van der Waals surface area (Å²) in [6, 6.07) is 0. The quantitative estimate of drug-likeness (QED) is 0.0262. The Kier molecular flexibility index (Phi) is 49.3. The number of hydrogen-bond acceptors (Lipinski definition) is 6. The van der Waals surface area contributed by atoms with E-state index in [0.717, 1.165) is 89.9 Å². The van der Waals surface area contributed by atoms with Crippen molar-refractivity contribution in [1.29, 1.82) is 0 Å². The van der Waals surface area contributed by atoms with E-state index in [9.17, 15) is 14.4 Å². The molecule has 0 aliphatic carbocycles. The van der Waals surface area contributed by atoms with Crippen LogP contribution < -0.4 is 0 Å². The monoisotopic (exact) mass is 871 g/mol. The molecule has 0 radical (unpaired) electrons. The summed E-state index contributed by atoms with van der Waals surface area (Å²) in [4.78, 5) is 38.0. The SMILES string of the molecule is CCCC/C=C\C/C=C\CCCCCCCC(=O)OC(COC(=O)CCCCCCC/C=C\CCCCCCC)COC(=O)CCCCCCCCCCCCCCCCCC. The van der Waals surface area contributed by atoms with Crippen LogP contribution >= 0.6 is 0 Å². The Morgan fingerprint density at radius 1 is 0.323 bits per heavy atom. The van der Waals surface area contributed by atoms with Gasteiger partial charge in [0.05, 0.1) is 0 Å². The van der Waals surface area contributed by atoms with Crippen molar-refractivity contribution in [3.8, 4) is 0 Å². The van der Waals surface area contributed by atoms with Gasteiger partial charge in [0.1, 0.15) is 13.2 Å². The van der Waals surface area contributed by atoms with Crippen LogP contribution in [0.25, 0.3) is 0 Å². The second kappa shape index (κ2) is 51.3. The molecule has 1 atom stereocenters. The van der Waals surface area contributed by atoms with Crippen molar-refractivity contribution in [1.82, 2.24) is 0 Å². The summed E-state index contributed by atoms with van der Waals surface area (Å²) in [5, 5.41) is 0. The minimum Gasteiger partial charge on any atom is -0.462 e. The second-order valence-electron chi connectivity index (χ2n) is 18.1. The molecule has 0 amide bonds. The van der Waals surface area contributed by atoms with Crippen LogP contribution in [0.4, 0.5) is 0 Å². The maximum Gasteiger partial charge on any atom is 0.306 e. The molecule has 6 heteroatoms. The molecule has 0 saturated carbocycles. The van der Waals surface area contributed by atoms with Gasteiger partial charge in [0.25, 0.3) is 0 Å². The highest BCUT2D eigenvalue weighted by molar-refractivity contribution is 5.71. The van der Waals surface area contributed by atoms with Crippen LogP contribution in [0.5, 0.6) is 0 Å². The van der Waals surface area contributed by atoms with E-state index in [-0.39, 0.29) is 31.1 Å².